The summed E-state index contributed by atoms with van der Waals surface area (Å²) >= 11 is 0. The maximum Gasteiger partial charge on any atom is 0.245 e. The molecular formula is C11H22N4O2S. The molecule has 0 radical (unpaired) electrons. The van der Waals surface area contributed by atoms with E-state index in [1.54, 1.807) is 7.05 Å². The number of hydrogen-bond acceptors (Lipinski definition) is 4. The van der Waals surface area contributed by atoms with Crippen molar-refractivity contribution in [2.75, 3.05) is 12.3 Å². The van der Waals surface area contributed by atoms with Crippen molar-refractivity contribution in [3.05, 3.63) is 6.20 Å². The van der Waals surface area contributed by atoms with E-state index in [1.807, 2.05) is 13.8 Å². The van der Waals surface area contributed by atoms with Gasteiger partial charge in [0.1, 0.15) is 4.90 Å². The molecule has 0 saturated heterocycles. The predicted molar refractivity (Wildman–Crippen MR) is 71.4 cm³/mol. The number of sulfonamides is 1. The van der Waals surface area contributed by atoms with E-state index in [2.05, 4.69) is 23.7 Å². The zero-order valence-electron chi connectivity index (χ0n) is 11.6. The minimum Gasteiger partial charge on any atom is -0.381 e. The number of rotatable bonds is 5. The zero-order valence-corrected chi connectivity index (χ0v) is 12.4. The largest absolute Gasteiger partial charge is 0.381 e. The van der Waals surface area contributed by atoms with Crippen molar-refractivity contribution in [3.8, 4) is 0 Å². The summed E-state index contributed by atoms with van der Waals surface area (Å²) < 4.78 is 28.2. The third kappa shape index (κ3) is 3.23. The number of aromatic nitrogens is 2. The number of hydrogen-bond donors (Lipinski definition) is 2. The van der Waals surface area contributed by atoms with Gasteiger partial charge in [-0.2, -0.15) is 5.10 Å². The lowest BCUT2D eigenvalue weighted by molar-refractivity contribution is 0.252. The molecule has 18 heavy (non-hydrogen) atoms. The second-order valence-corrected chi connectivity index (χ2v) is 7.26. The van der Waals surface area contributed by atoms with Crippen molar-refractivity contribution >= 4 is 15.8 Å². The quantitative estimate of drug-likeness (QED) is 0.837. The van der Waals surface area contributed by atoms with Crippen LogP contribution in [0.15, 0.2) is 11.1 Å². The monoisotopic (exact) mass is 274 g/mol. The van der Waals surface area contributed by atoms with E-state index in [9.17, 15) is 8.42 Å². The van der Waals surface area contributed by atoms with Crippen molar-refractivity contribution in [3.63, 3.8) is 0 Å². The van der Waals surface area contributed by atoms with Crippen molar-refractivity contribution in [1.29, 1.82) is 0 Å². The first-order chi connectivity index (χ1) is 8.06. The summed E-state index contributed by atoms with van der Waals surface area (Å²) in [5, 5.41) is 3.83. The number of nitrogen functional groups attached to an aromatic ring is 1. The molecule has 0 bridgehead atoms. The number of nitrogens with one attached hydrogen (secondary N) is 1. The molecule has 7 heteroatoms. The second kappa shape index (κ2) is 4.89. The van der Waals surface area contributed by atoms with Crippen LogP contribution in [0, 0.1) is 11.3 Å². The SMILES string of the molecule is CC(C)C(C)(C)CNS(=O)(=O)c1cn(C)nc1N. The molecule has 0 aliphatic carbocycles. The topological polar surface area (TPSA) is 90.0 Å². The third-order valence-electron chi connectivity index (χ3n) is 3.39. The Morgan fingerprint density at radius 1 is 1.50 bits per heavy atom. The van der Waals surface area contributed by atoms with Gasteiger partial charge in [0.25, 0.3) is 0 Å². The first kappa shape index (κ1) is 15.0. The molecule has 0 amide bonds. The van der Waals surface area contributed by atoms with Gasteiger partial charge in [-0.15, -0.1) is 0 Å². The first-order valence-electron chi connectivity index (χ1n) is 5.85. The van der Waals surface area contributed by atoms with Crippen LogP contribution in [0.4, 0.5) is 5.82 Å². The summed E-state index contributed by atoms with van der Waals surface area (Å²) in [6.07, 6.45) is 1.40. The molecule has 0 fully saturated rings. The van der Waals surface area contributed by atoms with Crippen molar-refractivity contribution < 1.29 is 8.42 Å². The average molecular weight is 274 g/mol. The van der Waals surface area contributed by atoms with E-state index in [0.29, 0.717) is 12.5 Å². The summed E-state index contributed by atoms with van der Waals surface area (Å²) in [5.41, 5.74) is 5.45. The maximum atomic E-state index is 12.1. The number of anilines is 1. The maximum absolute atomic E-state index is 12.1. The predicted octanol–water partition coefficient (Wildman–Crippen LogP) is 0.963. The summed E-state index contributed by atoms with van der Waals surface area (Å²) in [6, 6.07) is 0. The van der Waals surface area contributed by atoms with Crippen molar-refractivity contribution in [2.45, 2.75) is 32.6 Å². The van der Waals surface area contributed by atoms with E-state index >= 15 is 0 Å². The molecule has 104 valence electrons. The first-order valence-corrected chi connectivity index (χ1v) is 7.33. The standard InChI is InChI=1S/C11H22N4O2S/c1-8(2)11(3,4)7-13-18(16,17)9-6-15(5)14-10(9)12/h6,8,13H,7H2,1-5H3,(H2,12,14). The Labute approximate surface area is 109 Å². The summed E-state index contributed by atoms with van der Waals surface area (Å²) in [7, 11) is -1.96. The Hall–Kier alpha value is -1.08. The Kier molecular flexibility index (Phi) is 4.07. The Bertz CT molecular complexity index is 517. The highest BCUT2D eigenvalue weighted by atomic mass is 32.2. The summed E-state index contributed by atoms with van der Waals surface area (Å²) in [5.74, 6) is 0.388. The van der Waals surface area contributed by atoms with Gasteiger partial charge in [-0.25, -0.2) is 13.1 Å². The van der Waals surface area contributed by atoms with Crippen molar-refractivity contribution in [1.82, 2.24) is 14.5 Å². The number of nitrogens with zero attached hydrogens (tertiary/aromatic N) is 2. The van der Waals surface area contributed by atoms with Crippen LogP contribution in [0.25, 0.3) is 0 Å². The molecule has 6 nitrogen and oxygen atoms in total. The van der Waals surface area contributed by atoms with E-state index in [0.717, 1.165) is 0 Å². The smallest absolute Gasteiger partial charge is 0.245 e. The highest BCUT2D eigenvalue weighted by Crippen LogP contribution is 2.26. The molecule has 1 aromatic heterocycles. The van der Waals surface area contributed by atoms with Gasteiger partial charge < -0.3 is 5.73 Å². The molecule has 0 aromatic carbocycles. The molecule has 0 atom stereocenters. The van der Waals surface area contributed by atoms with E-state index in [4.69, 9.17) is 5.73 Å². The van der Waals surface area contributed by atoms with Gasteiger partial charge in [-0.05, 0) is 11.3 Å². The zero-order chi connectivity index (χ0) is 14.1. The highest BCUT2D eigenvalue weighted by Gasteiger charge is 2.27. The van der Waals surface area contributed by atoms with E-state index in [-0.39, 0.29) is 16.1 Å². The minimum atomic E-state index is -3.60. The van der Waals surface area contributed by atoms with Crippen LogP contribution >= 0.6 is 0 Å². The third-order valence-corrected chi connectivity index (χ3v) is 4.81. The molecule has 1 heterocycles. The lowest BCUT2D eigenvalue weighted by Crippen LogP contribution is -2.37. The fraction of sp³-hybridized carbons (Fsp3) is 0.727. The Morgan fingerprint density at radius 2 is 2.06 bits per heavy atom. The van der Waals surface area contributed by atoms with Gasteiger partial charge in [0.2, 0.25) is 10.0 Å². The molecule has 0 aliphatic heterocycles. The molecule has 3 N–H and O–H groups in total. The highest BCUT2D eigenvalue weighted by molar-refractivity contribution is 7.89. The van der Waals surface area contributed by atoms with Gasteiger partial charge >= 0.3 is 0 Å². The second-order valence-electron chi connectivity index (χ2n) is 5.52. The summed E-state index contributed by atoms with van der Waals surface area (Å²) in [6.45, 7) is 8.53. The van der Waals surface area contributed by atoms with E-state index < -0.39 is 10.0 Å². The summed E-state index contributed by atoms with van der Waals surface area (Å²) in [4.78, 5) is 0.0320. The molecule has 1 aromatic rings. The van der Waals surface area contributed by atoms with Gasteiger partial charge in [-0.3, -0.25) is 4.68 Å². The number of aryl methyl sites for hydroxylation is 1. The van der Waals surface area contributed by atoms with Crippen LogP contribution in [-0.4, -0.2) is 24.7 Å². The lowest BCUT2D eigenvalue weighted by atomic mass is 9.81. The molecule has 0 unspecified atom stereocenters. The average Bonchev–Trinajstić information content (AvgIpc) is 2.56. The molecule has 0 spiro atoms. The van der Waals surface area contributed by atoms with Gasteiger partial charge in [0.15, 0.2) is 5.82 Å². The number of nitrogens with two attached hydrogens (primary N) is 1. The molecule has 0 aliphatic rings. The normalized spacial score (nSPS) is 13.2. The van der Waals surface area contributed by atoms with E-state index in [1.165, 1.54) is 10.9 Å². The van der Waals surface area contributed by atoms with Crippen LogP contribution in [-0.2, 0) is 17.1 Å². The minimum absolute atomic E-state index is 0.0207. The Morgan fingerprint density at radius 3 is 2.44 bits per heavy atom. The van der Waals surface area contributed by atoms with Crippen molar-refractivity contribution in [2.24, 2.45) is 18.4 Å². The van der Waals surface area contributed by atoms with Crippen LogP contribution in [0.5, 0.6) is 0 Å². The van der Waals surface area contributed by atoms with Crippen LogP contribution in [0.2, 0.25) is 0 Å². The van der Waals surface area contributed by atoms with Crippen LogP contribution in [0.3, 0.4) is 0 Å². The van der Waals surface area contributed by atoms with Crippen LogP contribution < -0.4 is 10.5 Å². The molecular weight excluding hydrogens is 252 g/mol. The Balaban J connectivity index is 2.88. The van der Waals surface area contributed by atoms with Gasteiger partial charge in [-0.1, -0.05) is 27.7 Å². The molecule has 0 saturated carbocycles. The van der Waals surface area contributed by atoms with Gasteiger partial charge in [0, 0.05) is 19.8 Å². The van der Waals surface area contributed by atoms with Gasteiger partial charge in [0.05, 0.1) is 0 Å². The van der Waals surface area contributed by atoms with Crippen LogP contribution in [0.1, 0.15) is 27.7 Å². The fourth-order valence-electron chi connectivity index (χ4n) is 1.25. The molecule has 1 rings (SSSR count). The lowest BCUT2D eigenvalue weighted by Gasteiger charge is -2.29. The fourth-order valence-corrected chi connectivity index (χ4v) is 2.58.